The SMILES string of the molecule is C/C(C#C[Si](C)(C)C)=C\CO. The first-order valence-corrected chi connectivity index (χ1v) is 7.26. The van der Waals surface area contributed by atoms with Crippen molar-refractivity contribution in [2.24, 2.45) is 0 Å². The van der Waals surface area contributed by atoms with Gasteiger partial charge >= 0.3 is 0 Å². The molecule has 0 aliphatic carbocycles. The van der Waals surface area contributed by atoms with E-state index in [1.54, 1.807) is 6.08 Å². The summed E-state index contributed by atoms with van der Waals surface area (Å²) in [5.74, 6) is 3.04. The Morgan fingerprint density at radius 1 is 1.45 bits per heavy atom. The van der Waals surface area contributed by atoms with Crippen LogP contribution in [0.4, 0.5) is 0 Å². The Kier molecular flexibility index (Phi) is 4.17. The Morgan fingerprint density at radius 2 is 2.00 bits per heavy atom. The van der Waals surface area contributed by atoms with Crippen LogP contribution in [0.1, 0.15) is 6.92 Å². The Hall–Kier alpha value is -0.523. The number of hydrogen-bond acceptors (Lipinski definition) is 1. The van der Waals surface area contributed by atoms with Crippen LogP contribution >= 0.6 is 0 Å². The second-order valence-corrected chi connectivity index (χ2v) is 8.32. The van der Waals surface area contributed by atoms with Crippen molar-refractivity contribution in [1.29, 1.82) is 0 Å². The third-order valence-corrected chi connectivity index (χ3v) is 1.91. The van der Waals surface area contributed by atoms with Crippen molar-refractivity contribution in [2.45, 2.75) is 26.6 Å². The topological polar surface area (TPSA) is 20.2 Å². The summed E-state index contributed by atoms with van der Waals surface area (Å²) in [4.78, 5) is 0. The summed E-state index contributed by atoms with van der Waals surface area (Å²) in [6.07, 6.45) is 1.73. The first-order valence-electron chi connectivity index (χ1n) is 3.76. The standard InChI is InChI=1S/C9H16OSi/c1-9(5-7-10)6-8-11(2,3)4/h5,10H,7H2,1-4H3/b9-5+. The Bertz CT molecular complexity index is 200. The fourth-order valence-electron chi connectivity index (χ4n) is 0.474. The first kappa shape index (κ1) is 10.5. The van der Waals surface area contributed by atoms with E-state index in [4.69, 9.17) is 5.11 Å². The van der Waals surface area contributed by atoms with E-state index in [2.05, 4.69) is 31.1 Å². The Balaban J connectivity index is 4.19. The van der Waals surface area contributed by atoms with Crippen LogP contribution in [-0.4, -0.2) is 19.8 Å². The summed E-state index contributed by atoms with van der Waals surface area (Å²) in [5.41, 5.74) is 4.18. The van der Waals surface area contributed by atoms with E-state index in [0.717, 1.165) is 5.57 Å². The zero-order valence-electron chi connectivity index (χ0n) is 7.73. The molecule has 0 spiro atoms. The van der Waals surface area contributed by atoms with E-state index < -0.39 is 8.07 Å². The summed E-state index contributed by atoms with van der Waals surface area (Å²) in [6, 6.07) is 0. The molecule has 0 atom stereocenters. The molecule has 1 nitrogen and oxygen atoms in total. The van der Waals surface area contributed by atoms with Gasteiger partial charge in [-0.2, -0.15) is 0 Å². The maximum absolute atomic E-state index is 8.53. The molecule has 0 bridgehead atoms. The molecule has 0 aliphatic heterocycles. The summed E-state index contributed by atoms with van der Waals surface area (Å²) in [6.45, 7) is 8.61. The van der Waals surface area contributed by atoms with Gasteiger partial charge in [0, 0.05) is 0 Å². The van der Waals surface area contributed by atoms with Crippen LogP contribution in [-0.2, 0) is 0 Å². The van der Waals surface area contributed by atoms with Gasteiger partial charge in [-0.1, -0.05) is 25.6 Å². The van der Waals surface area contributed by atoms with Gasteiger partial charge in [-0.3, -0.25) is 0 Å². The maximum Gasteiger partial charge on any atom is 0.129 e. The molecule has 2 heteroatoms. The highest BCUT2D eigenvalue weighted by molar-refractivity contribution is 6.83. The van der Waals surface area contributed by atoms with Crippen molar-refractivity contribution in [2.75, 3.05) is 6.61 Å². The largest absolute Gasteiger partial charge is 0.392 e. The van der Waals surface area contributed by atoms with E-state index in [1.165, 1.54) is 0 Å². The molecule has 0 saturated heterocycles. The molecule has 0 aromatic rings. The van der Waals surface area contributed by atoms with Crippen molar-refractivity contribution in [3.05, 3.63) is 11.6 Å². The van der Waals surface area contributed by atoms with E-state index in [9.17, 15) is 0 Å². The molecule has 0 rings (SSSR count). The van der Waals surface area contributed by atoms with Crippen LogP contribution in [0.5, 0.6) is 0 Å². The van der Waals surface area contributed by atoms with Crippen LogP contribution < -0.4 is 0 Å². The number of rotatable bonds is 1. The van der Waals surface area contributed by atoms with E-state index in [1.807, 2.05) is 6.92 Å². The first-order chi connectivity index (χ1) is 4.95. The van der Waals surface area contributed by atoms with Gasteiger partial charge in [0.1, 0.15) is 8.07 Å². The van der Waals surface area contributed by atoms with E-state index in [0.29, 0.717) is 0 Å². The van der Waals surface area contributed by atoms with Crippen molar-refractivity contribution >= 4 is 8.07 Å². The van der Waals surface area contributed by atoms with Gasteiger partial charge in [-0.05, 0) is 18.6 Å². The van der Waals surface area contributed by atoms with E-state index >= 15 is 0 Å². The zero-order chi connectivity index (χ0) is 8.91. The third-order valence-electron chi connectivity index (χ3n) is 1.03. The van der Waals surface area contributed by atoms with E-state index in [-0.39, 0.29) is 6.61 Å². The average Bonchev–Trinajstić information content (AvgIpc) is 1.83. The minimum atomic E-state index is -1.23. The van der Waals surface area contributed by atoms with Gasteiger partial charge in [0.15, 0.2) is 0 Å². The minimum absolute atomic E-state index is 0.0895. The summed E-state index contributed by atoms with van der Waals surface area (Å²) in [7, 11) is -1.23. The van der Waals surface area contributed by atoms with Crippen LogP contribution in [0.15, 0.2) is 11.6 Å². The van der Waals surface area contributed by atoms with Crippen molar-refractivity contribution in [3.63, 3.8) is 0 Å². The molecule has 0 fully saturated rings. The lowest BCUT2D eigenvalue weighted by molar-refractivity contribution is 0.342. The lowest BCUT2D eigenvalue weighted by Gasteiger charge is -2.02. The predicted molar refractivity (Wildman–Crippen MR) is 52.0 cm³/mol. The van der Waals surface area contributed by atoms with Crippen LogP contribution in [0.3, 0.4) is 0 Å². The molecular formula is C9H16OSi. The predicted octanol–water partition coefficient (Wildman–Crippen LogP) is 1.81. The van der Waals surface area contributed by atoms with Gasteiger partial charge in [0.25, 0.3) is 0 Å². The summed E-state index contributed by atoms with van der Waals surface area (Å²) < 4.78 is 0. The second kappa shape index (κ2) is 4.37. The maximum atomic E-state index is 8.53. The van der Waals surface area contributed by atoms with Gasteiger partial charge in [-0.15, -0.1) is 5.54 Å². The van der Waals surface area contributed by atoms with Gasteiger partial charge in [0.2, 0.25) is 0 Å². The molecule has 0 heterocycles. The van der Waals surface area contributed by atoms with Gasteiger partial charge in [-0.25, -0.2) is 0 Å². The summed E-state index contributed by atoms with van der Waals surface area (Å²) >= 11 is 0. The zero-order valence-corrected chi connectivity index (χ0v) is 8.73. The van der Waals surface area contributed by atoms with Crippen molar-refractivity contribution in [1.82, 2.24) is 0 Å². The van der Waals surface area contributed by atoms with Crippen LogP contribution in [0.25, 0.3) is 0 Å². The average molecular weight is 168 g/mol. The van der Waals surface area contributed by atoms with Crippen LogP contribution in [0.2, 0.25) is 19.6 Å². The fourth-order valence-corrected chi connectivity index (χ4v) is 1.05. The molecule has 0 radical (unpaired) electrons. The smallest absolute Gasteiger partial charge is 0.129 e. The molecule has 0 aliphatic rings. The molecule has 11 heavy (non-hydrogen) atoms. The quantitative estimate of drug-likeness (QED) is 0.467. The molecule has 0 aromatic carbocycles. The lowest BCUT2D eigenvalue weighted by atomic mass is 10.3. The molecule has 1 N–H and O–H groups in total. The molecular weight excluding hydrogens is 152 g/mol. The van der Waals surface area contributed by atoms with Crippen molar-refractivity contribution < 1.29 is 5.11 Å². The number of allylic oxidation sites excluding steroid dienone is 1. The lowest BCUT2D eigenvalue weighted by Crippen LogP contribution is -2.16. The normalized spacial score (nSPS) is 12.3. The molecule has 0 aromatic heterocycles. The highest BCUT2D eigenvalue weighted by Gasteiger charge is 2.06. The van der Waals surface area contributed by atoms with Gasteiger partial charge < -0.3 is 5.11 Å². The second-order valence-electron chi connectivity index (χ2n) is 3.57. The van der Waals surface area contributed by atoms with Crippen molar-refractivity contribution in [3.8, 4) is 11.5 Å². The number of aliphatic hydroxyl groups excluding tert-OH is 1. The fraction of sp³-hybridized carbons (Fsp3) is 0.556. The minimum Gasteiger partial charge on any atom is -0.392 e. The Labute approximate surface area is 70.1 Å². The Morgan fingerprint density at radius 3 is 2.36 bits per heavy atom. The summed E-state index contributed by atoms with van der Waals surface area (Å²) in [5, 5.41) is 8.53. The monoisotopic (exact) mass is 168 g/mol. The number of aliphatic hydroxyl groups is 1. The molecule has 0 amide bonds. The van der Waals surface area contributed by atoms with Gasteiger partial charge in [0.05, 0.1) is 6.61 Å². The van der Waals surface area contributed by atoms with Crippen LogP contribution in [0, 0.1) is 11.5 Å². The molecule has 62 valence electrons. The third kappa shape index (κ3) is 7.37. The highest BCUT2D eigenvalue weighted by Crippen LogP contribution is 1.98. The molecule has 0 saturated carbocycles. The highest BCUT2D eigenvalue weighted by atomic mass is 28.3. The number of hydrogen-bond donors (Lipinski definition) is 1. The molecule has 0 unspecified atom stereocenters.